The van der Waals surface area contributed by atoms with Crippen molar-refractivity contribution in [1.82, 2.24) is 4.31 Å². The summed E-state index contributed by atoms with van der Waals surface area (Å²) in [4.78, 5) is -0.557. The van der Waals surface area contributed by atoms with E-state index in [-0.39, 0.29) is 24.1 Å². The summed E-state index contributed by atoms with van der Waals surface area (Å²) in [6.07, 6.45) is 0. The van der Waals surface area contributed by atoms with Crippen LogP contribution in [0.2, 0.25) is 0 Å². The average molecular weight is 385 g/mol. The van der Waals surface area contributed by atoms with Crippen molar-refractivity contribution < 1.29 is 17.2 Å². The second kappa shape index (κ2) is 6.68. The van der Waals surface area contributed by atoms with Gasteiger partial charge in [-0.25, -0.2) is 17.2 Å². The Labute approximate surface area is 132 Å². The highest BCUT2D eigenvalue weighted by molar-refractivity contribution is 9.10. The quantitative estimate of drug-likeness (QED) is 0.819. The van der Waals surface area contributed by atoms with E-state index in [9.17, 15) is 17.2 Å². The molecule has 0 fully saturated rings. The largest absolute Gasteiger partial charge is 0.330 e. The van der Waals surface area contributed by atoms with Crippen LogP contribution in [-0.2, 0) is 10.0 Å². The fraction of sp³-hybridized carbons (Fsp3) is 0.538. The molecule has 0 spiro atoms. The zero-order chi connectivity index (χ0) is 16.4. The Morgan fingerprint density at radius 2 is 1.90 bits per heavy atom. The van der Waals surface area contributed by atoms with Gasteiger partial charge < -0.3 is 5.73 Å². The van der Waals surface area contributed by atoms with Crippen LogP contribution in [0.4, 0.5) is 8.78 Å². The van der Waals surface area contributed by atoms with Crippen LogP contribution in [0.15, 0.2) is 21.5 Å². The second-order valence-corrected chi connectivity index (χ2v) is 8.23. The first-order valence-corrected chi connectivity index (χ1v) is 8.63. The van der Waals surface area contributed by atoms with Gasteiger partial charge >= 0.3 is 0 Å². The highest BCUT2D eigenvalue weighted by atomic mass is 79.9. The lowest BCUT2D eigenvalue weighted by atomic mass is 9.94. The average Bonchev–Trinajstić information content (AvgIpc) is 2.34. The van der Waals surface area contributed by atoms with Gasteiger partial charge in [-0.05, 0) is 34.0 Å². The molecule has 0 saturated heterocycles. The fourth-order valence-corrected chi connectivity index (χ4v) is 4.56. The predicted molar refractivity (Wildman–Crippen MR) is 81.3 cm³/mol. The van der Waals surface area contributed by atoms with E-state index >= 15 is 0 Å². The molecule has 0 atom stereocenters. The molecule has 0 aliphatic heterocycles. The summed E-state index contributed by atoms with van der Waals surface area (Å²) in [6.45, 7) is 5.88. The molecule has 1 rings (SSSR count). The van der Waals surface area contributed by atoms with Crippen molar-refractivity contribution in [3.8, 4) is 0 Å². The molecule has 0 amide bonds. The second-order valence-electron chi connectivity index (χ2n) is 5.50. The van der Waals surface area contributed by atoms with Gasteiger partial charge in [-0.3, -0.25) is 0 Å². The van der Waals surface area contributed by atoms with E-state index in [1.54, 1.807) is 6.92 Å². The smallest absolute Gasteiger partial charge is 0.247 e. The van der Waals surface area contributed by atoms with Gasteiger partial charge in [-0.15, -0.1) is 0 Å². The van der Waals surface area contributed by atoms with Crippen molar-refractivity contribution in [2.24, 2.45) is 11.1 Å². The summed E-state index contributed by atoms with van der Waals surface area (Å²) in [5.74, 6) is -1.96. The summed E-state index contributed by atoms with van der Waals surface area (Å²) in [5.41, 5.74) is 5.16. The minimum Gasteiger partial charge on any atom is -0.330 e. The van der Waals surface area contributed by atoms with Crippen LogP contribution in [0.5, 0.6) is 0 Å². The van der Waals surface area contributed by atoms with Crippen molar-refractivity contribution in [2.45, 2.75) is 25.7 Å². The van der Waals surface area contributed by atoms with Crippen LogP contribution >= 0.6 is 15.9 Å². The van der Waals surface area contributed by atoms with Crippen molar-refractivity contribution in [3.05, 3.63) is 28.2 Å². The van der Waals surface area contributed by atoms with Gasteiger partial charge in [-0.1, -0.05) is 20.8 Å². The third-order valence-electron chi connectivity index (χ3n) is 3.07. The third-order valence-corrected chi connectivity index (χ3v) is 5.96. The Bertz CT molecular complexity index is 598. The molecule has 8 heteroatoms. The number of rotatable bonds is 6. The number of nitrogens with zero attached hydrogens (tertiary/aromatic N) is 1. The summed E-state index contributed by atoms with van der Waals surface area (Å²) < 4.78 is 53.2. The molecule has 0 bridgehead atoms. The Morgan fingerprint density at radius 1 is 1.33 bits per heavy atom. The number of nitrogens with two attached hydrogens (primary N) is 1. The number of hydrogen-bond donors (Lipinski definition) is 1. The molecule has 0 heterocycles. The van der Waals surface area contributed by atoms with Gasteiger partial charge in [0, 0.05) is 23.6 Å². The molecule has 0 saturated carbocycles. The molecule has 0 aromatic heterocycles. The van der Waals surface area contributed by atoms with E-state index in [1.807, 2.05) is 13.8 Å². The fourth-order valence-electron chi connectivity index (χ4n) is 1.81. The number of halogens is 3. The van der Waals surface area contributed by atoms with Crippen LogP contribution < -0.4 is 5.73 Å². The Balaban J connectivity index is 3.32. The van der Waals surface area contributed by atoms with E-state index in [1.165, 1.54) is 0 Å². The molecule has 1 aromatic carbocycles. The first-order valence-electron chi connectivity index (χ1n) is 6.40. The summed E-state index contributed by atoms with van der Waals surface area (Å²) in [6, 6.07) is 1.48. The Morgan fingerprint density at radius 3 is 2.33 bits per heavy atom. The summed E-state index contributed by atoms with van der Waals surface area (Å²) >= 11 is 2.92. The van der Waals surface area contributed by atoms with Crippen LogP contribution in [0.3, 0.4) is 0 Å². The molecular weight excluding hydrogens is 366 g/mol. The third kappa shape index (κ3) is 4.21. The predicted octanol–water partition coefficient (Wildman–Crippen LogP) is 2.72. The zero-order valence-corrected chi connectivity index (χ0v) is 14.6. The van der Waals surface area contributed by atoms with Crippen LogP contribution in [0, 0.1) is 17.0 Å². The van der Waals surface area contributed by atoms with Crippen LogP contribution in [0.1, 0.15) is 20.8 Å². The van der Waals surface area contributed by atoms with Gasteiger partial charge in [0.05, 0.1) is 0 Å². The molecular formula is C13H19BrF2N2O2S. The summed E-state index contributed by atoms with van der Waals surface area (Å²) in [7, 11) is -4.08. The van der Waals surface area contributed by atoms with Gasteiger partial charge in [0.25, 0.3) is 0 Å². The molecule has 0 radical (unpaired) electrons. The minimum absolute atomic E-state index is 0.135. The number of benzene rings is 1. The van der Waals surface area contributed by atoms with E-state index in [4.69, 9.17) is 5.73 Å². The highest BCUT2D eigenvalue weighted by Gasteiger charge is 2.32. The standard InChI is InChI=1S/C13H19BrF2N2O2S/c1-4-18(8-13(2,3)7-17)21(19,20)12-10(14)5-9(15)6-11(12)16/h5-6H,4,7-8,17H2,1-3H3. The summed E-state index contributed by atoms with van der Waals surface area (Å²) in [5, 5.41) is 0. The molecule has 0 aliphatic carbocycles. The van der Waals surface area contributed by atoms with Gasteiger partial charge in [0.1, 0.15) is 16.5 Å². The van der Waals surface area contributed by atoms with Crippen molar-refractivity contribution >= 4 is 26.0 Å². The van der Waals surface area contributed by atoms with Crippen molar-refractivity contribution in [2.75, 3.05) is 19.6 Å². The minimum atomic E-state index is -4.08. The normalized spacial score (nSPS) is 13.0. The van der Waals surface area contributed by atoms with Gasteiger partial charge in [0.2, 0.25) is 10.0 Å². The SMILES string of the molecule is CCN(CC(C)(C)CN)S(=O)(=O)c1c(F)cc(F)cc1Br. The molecule has 0 aliphatic rings. The molecule has 21 heavy (non-hydrogen) atoms. The van der Waals surface area contributed by atoms with Gasteiger partial charge in [-0.2, -0.15) is 4.31 Å². The van der Waals surface area contributed by atoms with Crippen molar-refractivity contribution in [1.29, 1.82) is 0 Å². The van der Waals surface area contributed by atoms with Crippen LogP contribution in [-0.4, -0.2) is 32.4 Å². The lowest BCUT2D eigenvalue weighted by Crippen LogP contribution is -2.42. The number of hydrogen-bond acceptors (Lipinski definition) is 3. The van der Waals surface area contributed by atoms with E-state index < -0.39 is 32.0 Å². The van der Waals surface area contributed by atoms with E-state index in [2.05, 4.69) is 15.9 Å². The maximum absolute atomic E-state index is 13.9. The molecule has 2 N–H and O–H groups in total. The maximum Gasteiger partial charge on any atom is 0.247 e. The Hall–Kier alpha value is -0.570. The van der Waals surface area contributed by atoms with Crippen molar-refractivity contribution in [3.63, 3.8) is 0 Å². The topological polar surface area (TPSA) is 63.4 Å². The molecule has 0 unspecified atom stereocenters. The zero-order valence-electron chi connectivity index (χ0n) is 12.2. The molecule has 1 aromatic rings. The molecule has 4 nitrogen and oxygen atoms in total. The van der Waals surface area contributed by atoms with Crippen LogP contribution in [0.25, 0.3) is 0 Å². The first-order chi connectivity index (χ1) is 9.55. The Kier molecular flexibility index (Phi) is 5.88. The maximum atomic E-state index is 13.9. The highest BCUT2D eigenvalue weighted by Crippen LogP contribution is 2.30. The van der Waals surface area contributed by atoms with E-state index in [0.29, 0.717) is 6.07 Å². The number of sulfonamides is 1. The lowest BCUT2D eigenvalue weighted by Gasteiger charge is -2.30. The van der Waals surface area contributed by atoms with E-state index in [0.717, 1.165) is 10.4 Å². The van der Waals surface area contributed by atoms with Gasteiger partial charge in [0.15, 0.2) is 0 Å². The molecule has 120 valence electrons. The monoisotopic (exact) mass is 384 g/mol. The lowest BCUT2D eigenvalue weighted by molar-refractivity contribution is 0.272. The first kappa shape index (κ1) is 18.5.